The molecule has 0 bridgehead atoms. The number of ketones is 1. The minimum atomic E-state index is -2.76. The van der Waals surface area contributed by atoms with Crippen molar-refractivity contribution in [3.63, 3.8) is 0 Å². The molecule has 0 amide bonds. The zero-order valence-corrected chi connectivity index (χ0v) is 31.2. The predicted molar refractivity (Wildman–Crippen MR) is 203 cm³/mol. The van der Waals surface area contributed by atoms with Gasteiger partial charge in [0.15, 0.2) is 18.0 Å². The first kappa shape index (κ1) is 36.4. The van der Waals surface area contributed by atoms with E-state index in [9.17, 15) is 55.2 Å². The highest BCUT2D eigenvalue weighted by Gasteiger charge is 2.49. The van der Waals surface area contributed by atoms with Crippen LogP contribution in [-0.2, 0) is 19.1 Å². The summed E-state index contributed by atoms with van der Waals surface area (Å²) in [4.78, 5) is 39.5. The minimum Gasteiger partial charge on any atom is -0.492 e. The van der Waals surface area contributed by atoms with Crippen molar-refractivity contribution in [3.05, 3.63) is 77.9 Å². The van der Waals surface area contributed by atoms with E-state index in [2.05, 4.69) is 0 Å². The smallest absolute Gasteiger partial charge is 0.335 e. The monoisotopic (exact) mass is 829 g/mol. The maximum absolute atomic E-state index is 14.5. The van der Waals surface area contributed by atoms with Gasteiger partial charge in [-0.3, -0.25) is 9.69 Å². The van der Waals surface area contributed by atoms with E-state index in [-0.39, 0.29) is 28.4 Å². The highest BCUT2D eigenvalue weighted by Crippen LogP contribution is 2.42. The highest BCUT2D eigenvalue weighted by atomic mass is 32.1. The molecule has 1 aromatic heterocycles. The van der Waals surface area contributed by atoms with Gasteiger partial charge >= 0.3 is 11.9 Å². The molecule has 3 aliphatic rings. The number of piperidine rings is 1. The molecule has 7 rings (SSSR count). The number of aliphatic carboxylic acids is 2. The number of aliphatic hydroxyl groups is 6. The Hall–Kier alpha value is -4.73. The van der Waals surface area contributed by atoms with Crippen molar-refractivity contribution in [2.45, 2.75) is 80.7 Å². The molecule has 0 unspecified atom stereocenters. The lowest BCUT2D eigenvalue weighted by molar-refractivity contribution is -0.271. The van der Waals surface area contributed by atoms with E-state index in [1.54, 1.807) is 12.1 Å². The lowest BCUT2D eigenvalue weighted by atomic mass is 9.97. The summed E-state index contributed by atoms with van der Waals surface area (Å²) >= 11 is 1.12. The molecule has 0 radical (unpaired) electrons. The Balaban J connectivity index is 1.19. The van der Waals surface area contributed by atoms with Gasteiger partial charge in [0.1, 0.15) is 60.4 Å². The number of hydrogen-bond donors (Lipinski definition) is 8. The SMILES string of the molecule is [2H]C([2H])(Oc1ccc(C(=O)c2c(-c3ccc(O[C@H]4O[C@@H](C(=O)O)[C@H](O)[C@@H](O)[C@@H]4O)cc3)sc3cc(O[C@@H]4O[C@H](C(=O)O)[C@@H](O)[C@H](O)[C@H]4O)ccc23)cc1)C([2H])([2H])N1CCCCC1. The van der Waals surface area contributed by atoms with Crippen LogP contribution in [0.3, 0.4) is 0 Å². The van der Waals surface area contributed by atoms with E-state index >= 15 is 0 Å². The Kier molecular flexibility index (Phi) is 11.1. The van der Waals surface area contributed by atoms with Gasteiger partial charge in [0.25, 0.3) is 0 Å². The number of carboxylic acid groups (broad SMARTS) is 2. The minimum absolute atomic E-state index is 0.0288. The molecule has 3 saturated heterocycles. The van der Waals surface area contributed by atoms with Crippen molar-refractivity contribution in [2.24, 2.45) is 0 Å². The molecule has 3 aromatic carbocycles. The van der Waals surface area contributed by atoms with Crippen molar-refractivity contribution in [2.75, 3.05) is 26.1 Å². The van der Waals surface area contributed by atoms with Gasteiger partial charge in [-0.25, -0.2) is 9.59 Å². The molecule has 4 heterocycles. The molecule has 3 fully saturated rings. The van der Waals surface area contributed by atoms with Gasteiger partial charge < -0.3 is 64.5 Å². The number of carbonyl (C=O) groups excluding carboxylic acids is 1. The predicted octanol–water partition coefficient (Wildman–Crippen LogP) is 1.21. The quantitative estimate of drug-likeness (QED) is 0.0881. The lowest BCUT2D eigenvalue weighted by Gasteiger charge is -2.38. The molecule has 0 spiro atoms. The van der Waals surface area contributed by atoms with Crippen LogP contribution in [0.4, 0.5) is 0 Å². The number of rotatable bonds is 13. The van der Waals surface area contributed by atoms with E-state index in [0.717, 1.165) is 30.6 Å². The van der Waals surface area contributed by atoms with Crippen LogP contribution in [0.15, 0.2) is 66.7 Å². The summed E-state index contributed by atoms with van der Waals surface area (Å²) in [5.74, 6) is -3.65. The molecule has 10 atom stereocenters. The molecule has 17 nitrogen and oxygen atoms in total. The molecule has 18 heteroatoms. The van der Waals surface area contributed by atoms with Gasteiger partial charge in [0.05, 0.1) is 2.74 Å². The molecule has 0 aliphatic carbocycles. The van der Waals surface area contributed by atoms with Crippen molar-refractivity contribution < 1.29 is 84.4 Å². The van der Waals surface area contributed by atoms with Crippen molar-refractivity contribution in [3.8, 4) is 27.7 Å². The second-order valence-electron chi connectivity index (χ2n) is 13.9. The van der Waals surface area contributed by atoms with Crippen LogP contribution >= 0.6 is 11.3 Å². The molecule has 4 aromatic rings. The Morgan fingerprint density at radius 2 is 1.22 bits per heavy atom. The molecule has 58 heavy (non-hydrogen) atoms. The first-order valence-electron chi connectivity index (χ1n) is 20.2. The number of hydrogen-bond acceptors (Lipinski definition) is 16. The van der Waals surface area contributed by atoms with Gasteiger partial charge in [0, 0.05) is 35.3 Å². The van der Waals surface area contributed by atoms with Crippen LogP contribution < -0.4 is 14.2 Å². The van der Waals surface area contributed by atoms with Crippen LogP contribution in [0.25, 0.3) is 20.5 Å². The number of carboxylic acids is 2. The van der Waals surface area contributed by atoms with Crippen LogP contribution in [0.2, 0.25) is 0 Å². The fourth-order valence-corrected chi connectivity index (χ4v) is 8.04. The van der Waals surface area contributed by atoms with Gasteiger partial charge in [-0.2, -0.15) is 0 Å². The van der Waals surface area contributed by atoms with Gasteiger partial charge in [0.2, 0.25) is 12.6 Å². The summed E-state index contributed by atoms with van der Waals surface area (Å²) in [7, 11) is 0. The number of nitrogens with zero attached hydrogens (tertiary/aromatic N) is 1. The van der Waals surface area contributed by atoms with Crippen LogP contribution in [0.5, 0.6) is 17.2 Å². The fourth-order valence-electron chi connectivity index (χ4n) is 6.80. The molecule has 0 saturated carbocycles. The zero-order valence-electron chi connectivity index (χ0n) is 34.4. The Morgan fingerprint density at radius 3 is 1.79 bits per heavy atom. The maximum atomic E-state index is 14.5. The fraction of sp³-hybridized carbons (Fsp3) is 0.425. The molecule has 8 N–H and O–H groups in total. The molecular formula is C40H43NO16S. The third-order valence-electron chi connectivity index (χ3n) is 9.98. The summed E-state index contributed by atoms with van der Waals surface area (Å²) in [6.07, 6.45) is -16.2. The second-order valence-corrected chi connectivity index (χ2v) is 15.0. The molecular weight excluding hydrogens is 782 g/mol. The van der Waals surface area contributed by atoms with Gasteiger partial charge in [-0.15, -0.1) is 11.3 Å². The first-order chi connectivity index (χ1) is 29.3. The van der Waals surface area contributed by atoms with Gasteiger partial charge in [-0.1, -0.05) is 6.42 Å². The highest BCUT2D eigenvalue weighted by molar-refractivity contribution is 7.22. The number of ether oxygens (including phenoxy) is 5. The van der Waals surface area contributed by atoms with Crippen LogP contribution in [0.1, 0.15) is 40.7 Å². The largest absolute Gasteiger partial charge is 0.492 e. The van der Waals surface area contributed by atoms with E-state index in [4.69, 9.17) is 29.2 Å². The summed E-state index contributed by atoms with van der Waals surface area (Å²) in [5, 5.41) is 80.9. The van der Waals surface area contributed by atoms with Crippen molar-refractivity contribution in [1.82, 2.24) is 4.90 Å². The second kappa shape index (κ2) is 17.6. The third-order valence-corrected chi connectivity index (χ3v) is 11.2. The average Bonchev–Trinajstić information content (AvgIpc) is 3.63. The standard InChI is InChI=1S/C40H43NO16S/c42-27(19-4-8-21(9-5-19)53-17-16-41-14-2-1-3-15-41)26-24-13-12-23(55-40-33(48)29(44)31(46)35(57-40)38(51)52)18-25(24)58-36(26)20-6-10-22(11-7-20)54-39-32(47)28(43)30(45)34(56-39)37(49)50/h4-13,18,28-35,39-40,43-48H,1-3,14-17H2,(H,49,50)(H,51,52)/t28-,29+,30-,31+,32+,33-,34-,35+,39+,40-/m1/s1/i16D2,17D2. The number of likely N-dealkylation sites (tertiary alicyclic amines) is 1. The summed E-state index contributed by atoms with van der Waals surface area (Å²) in [6.45, 7) is -4.46. The molecule has 310 valence electrons. The number of aliphatic hydroxyl groups excluding tert-OH is 6. The summed E-state index contributed by atoms with van der Waals surface area (Å²) in [6, 6.07) is 15.9. The summed E-state index contributed by atoms with van der Waals surface area (Å²) < 4.78 is 61.8. The number of carbonyl (C=O) groups is 3. The van der Waals surface area contributed by atoms with Crippen LogP contribution in [0, 0.1) is 0 Å². The Morgan fingerprint density at radius 1 is 0.690 bits per heavy atom. The first-order valence-corrected chi connectivity index (χ1v) is 19.0. The number of thiophene rings is 1. The third kappa shape index (κ3) is 8.67. The Labute approximate surface area is 340 Å². The van der Waals surface area contributed by atoms with E-state index in [1.165, 1.54) is 59.5 Å². The van der Waals surface area contributed by atoms with Gasteiger partial charge in [-0.05, 0) is 98.2 Å². The van der Waals surface area contributed by atoms with E-state index < -0.39 is 92.2 Å². The topological polar surface area (TPSA) is 262 Å². The normalized spacial score (nSPS) is 30.7. The lowest BCUT2D eigenvalue weighted by Crippen LogP contribution is -2.61. The Bertz CT molecular complexity index is 2270. The van der Waals surface area contributed by atoms with E-state index in [0.29, 0.717) is 33.6 Å². The number of fused-ring (bicyclic) bond motifs is 1. The van der Waals surface area contributed by atoms with E-state index in [1.807, 2.05) is 0 Å². The van der Waals surface area contributed by atoms with Crippen molar-refractivity contribution >= 4 is 39.1 Å². The van der Waals surface area contributed by atoms with Crippen molar-refractivity contribution in [1.29, 1.82) is 0 Å². The van der Waals surface area contributed by atoms with Crippen LogP contribution in [-0.4, -0.2) is 151 Å². The maximum Gasteiger partial charge on any atom is 0.335 e. The zero-order chi connectivity index (χ0) is 44.8. The number of benzene rings is 3. The average molecular weight is 830 g/mol. The summed E-state index contributed by atoms with van der Waals surface area (Å²) in [5.41, 5.74) is 0.775. The molecule has 3 aliphatic heterocycles.